The third kappa shape index (κ3) is 2.52. The van der Waals surface area contributed by atoms with Gasteiger partial charge in [0.15, 0.2) is 0 Å². The second-order valence-electron chi connectivity index (χ2n) is 4.87. The highest BCUT2D eigenvalue weighted by atomic mass is 32.2. The second kappa shape index (κ2) is 5.83. The van der Waals surface area contributed by atoms with Crippen molar-refractivity contribution in [2.24, 2.45) is 0 Å². The molecule has 0 saturated carbocycles. The van der Waals surface area contributed by atoms with Crippen molar-refractivity contribution < 1.29 is 4.79 Å². The molecule has 1 aliphatic rings. The zero-order valence-corrected chi connectivity index (χ0v) is 12.4. The molecule has 0 N–H and O–H groups in total. The maximum atomic E-state index is 12.5. The molecule has 2 aromatic rings. The van der Waals surface area contributed by atoms with Gasteiger partial charge in [-0.3, -0.25) is 4.79 Å². The Hall–Kier alpha value is -1.56. The van der Waals surface area contributed by atoms with Crippen LogP contribution in [-0.4, -0.2) is 50.4 Å². The fourth-order valence-corrected chi connectivity index (χ4v) is 3.36. The zero-order valence-electron chi connectivity index (χ0n) is 11.6. The van der Waals surface area contributed by atoms with E-state index in [4.69, 9.17) is 0 Å². The van der Waals surface area contributed by atoms with E-state index in [1.54, 1.807) is 0 Å². The monoisotopic (exact) mass is 290 g/mol. The Morgan fingerprint density at radius 1 is 1.35 bits per heavy atom. The molecule has 106 valence electrons. The number of thioether (sulfide) groups is 1. The van der Waals surface area contributed by atoms with Crippen molar-refractivity contribution in [2.75, 3.05) is 24.6 Å². The molecule has 5 nitrogen and oxygen atoms in total. The van der Waals surface area contributed by atoms with Gasteiger partial charge in [-0.2, -0.15) is 11.8 Å². The molecule has 1 aromatic carbocycles. The van der Waals surface area contributed by atoms with E-state index in [0.29, 0.717) is 5.56 Å². The number of carbonyl (C=O) groups excluding carboxylic acids is 1. The Balaban J connectivity index is 1.87. The van der Waals surface area contributed by atoms with Gasteiger partial charge < -0.3 is 4.90 Å². The number of rotatable bonds is 2. The van der Waals surface area contributed by atoms with Crippen LogP contribution in [0.5, 0.6) is 0 Å². The molecule has 0 unspecified atom stereocenters. The van der Waals surface area contributed by atoms with Crippen LogP contribution in [0.2, 0.25) is 0 Å². The molecule has 3 rings (SSSR count). The molecule has 0 spiro atoms. The summed E-state index contributed by atoms with van der Waals surface area (Å²) in [4.78, 5) is 14.5. The lowest BCUT2D eigenvalue weighted by atomic mass is 10.1. The van der Waals surface area contributed by atoms with Crippen LogP contribution in [0.15, 0.2) is 18.2 Å². The average Bonchev–Trinajstić information content (AvgIpc) is 2.70. The predicted octanol–water partition coefficient (Wildman–Crippen LogP) is 2.03. The van der Waals surface area contributed by atoms with Gasteiger partial charge in [0.25, 0.3) is 5.91 Å². The lowest BCUT2D eigenvalue weighted by molar-refractivity contribution is 0.0768. The number of carbonyl (C=O) groups is 1. The van der Waals surface area contributed by atoms with E-state index in [9.17, 15) is 4.79 Å². The molecule has 20 heavy (non-hydrogen) atoms. The Labute approximate surface area is 122 Å². The Bertz CT molecular complexity index is 617. The summed E-state index contributed by atoms with van der Waals surface area (Å²) in [6.07, 6.45) is 1.07. The molecular weight excluding hydrogens is 272 g/mol. The van der Waals surface area contributed by atoms with Gasteiger partial charge >= 0.3 is 0 Å². The van der Waals surface area contributed by atoms with E-state index in [0.717, 1.165) is 48.6 Å². The fraction of sp³-hybridized carbons (Fsp3) is 0.500. The fourth-order valence-electron chi connectivity index (χ4n) is 2.47. The van der Waals surface area contributed by atoms with Gasteiger partial charge in [-0.25, -0.2) is 4.68 Å². The molecule has 1 amide bonds. The van der Waals surface area contributed by atoms with Crippen LogP contribution < -0.4 is 0 Å². The number of aryl methyl sites for hydroxylation is 1. The second-order valence-corrected chi connectivity index (χ2v) is 6.09. The van der Waals surface area contributed by atoms with Crippen molar-refractivity contribution in [1.29, 1.82) is 0 Å². The number of amides is 1. The highest BCUT2D eigenvalue weighted by Gasteiger charge is 2.18. The van der Waals surface area contributed by atoms with E-state index in [-0.39, 0.29) is 5.91 Å². The van der Waals surface area contributed by atoms with E-state index in [2.05, 4.69) is 10.3 Å². The van der Waals surface area contributed by atoms with Gasteiger partial charge in [0.1, 0.15) is 5.52 Å². The Kier molecular flexibility index (Phi) is 3.91. The third-order valence-electron chi connectivity index (χ3n) is 3.57. The summed E-state index contributed by atoms with van der Waals surface area (Å²) in [5, 5.41) is 8.21. The molecule has 2 heterocycles. The summed E-state index contributed by atoms with van der Waals surface area (Å²) in [5.74, 6) is 2.29. The lowest BCUT2D eigenvalue weighted by Crippen LogP contribution is -2.32. The van der Waals surface area contributed by atoms with Gasteiger partial charge in [-0.1, -0.05) is 5.21 Å². The van der Waals surface area contributed by atoms with Gasteiger partial charge in [0.2, 0.25) is 0 Å². The van der Waals surface area contributed by atoms with Crippen molar-refractivity contribution in [3.8, 4) is 0 Å². The summed E-state index contributed by atoms with van der Waals surface area (Å²) in [7, 11) is 0. The first-order chi connectivity index (χ1) is 9.79. The van der Waals surface area contributed by atoms with E-state index >= 15 is 0 Å². The molecular formula is C14H18N4OS. The van der Waals surface area contributed by atoms with Crippen LogP contribution in [0.3, 0.4) is 0 Å². The first-order valence-electron chi connectivity index (χ1n) is 7.00. The minimum absolute atomic E-state index is 0.112. The van der Waals surface area contributed by atoms with E-state index in [1.807, 2.05) is 46.5 Å². The number of benzene rings is 1. The Morgan fingerprint density at radius 3 is 3.10 bits per heavy atom. The zero-order chi connectivity index (χ0) is 13.9. The van der Waals surface area contributed by atoms with Crippen LogP contribution in [0.1, 0.15) is 23.7 Å². The molecule has 0 bridgehead atoms. The molecule has 1 aliphatic heterocycles. The molecule has 0 aliphatic carbocycles. The van der Waals surface area contributed by atoms with E-state index < -0.39 is 0 Å². The summed E-state index contributed by atoms with van der Waals surface area (Å²) in [6, 6.07) is 5.69. The maximum absolute atomic E-state index is 12.5. The summed E-state index contributed by atoms with van der Waals surface area (Å²) >= 11 is 1.92. The van der Waals surface area contributed by atoms with Gasteiger partial charge in [0, 0.05) is 31.0 Å². The van der Waals surface area contributed by atoms with Crippen LogP contribution in [-0.2, 0) is 6.54 Å². The van der Waals surface area contributed by atoms with Crippen LogP contribution in [0, 0.1) is 0 Å². The Morgan fingerprint density at radius 2 is 2.25 bits per heavy atom. The van der Waals surface area contributed by atoms with Crippen molar-refractivity contribution in [1.82, 2.24) is 19.9 Å². The number of aromatic nitrogens is 3. The third-order valence-corrected chi connectivity index (χ3v) is 4.62. The number of hydrogen-bond donors (Lipinski definition) is 0. The first kappa shape index (κ1) is 13.4. The topological polar surface area (TPSA) is 51.0 Å². The minimum Gasteiger partial charge on any atom is -0.338 e. The van der Waals surface area contributed by atoms with E-state index in [1.165, 1.54) is 0 Å². The highest BCUT2D eigenvalue weighted by molar-refractivity contribution is 7.99. The highest BCUT2D eigenvalue weighted by Crippen LogP contribution is 2.17. The van der Waals surface area contributed by atoms with Crippen molar-refractivity contribution in [2.45, 2.75) is 19.9 Å². The van der Waals surface area contributed by atoms with Gasteiger partial charge in [-0.15, -0.1) is 5.10 Å². The van der Waals surface area contributed by atoms with Gasteiger partial charge in [0.05, 0.1) is 5.52 Å². The van der Waals surface area contributed by atoms with Gasteiger partial charge in [-0.05, 0) is 37.3 Å². The molecule has 1 aromatic heterocycles. The first-order valence-corrected chi connectivity index (χ1v) is 8.15. The lowest BCUT2D eigenvalue weighted by Gasteiger charge is -2.19. The largest absolute Gasteiger partial charge is 0.338 e. The number of hydrogen-bond acceptors (Lipinski definition) is 4. The predicted molar refractivity (Wildman–Crippen MR) is 81.0 cm³/mol. The average molecular weight is 290 g/mol. The van der Waals surface area contributed by atoms with Crippen molar-refractivity contribution >= 4 is 28.7 Å². The smallest absolute Gasteiger partial charge is 0.253 e. The summed E-state index contributed by atoms with van der Waals surface area (Å²) in [5.41, 5.74) is 2.49. The normalized spacial score (nSPS) is 16.4. The maximum Gasteiger partial charge on any atom is 0.253 e. The SMILES string of the molecule is CCn1nnc2cc(C(=O)N3CCCSCC3)ccc21. The van der Waals surface area contributed by atoms with Crippen molar-refractivity contribution in [3.63, 3.8) is 0 Å². The molecule has 1 fully saturated rings. The summed E-state index contributed by atoms with van der Waals surface area (Å²) < 4.78 is 1.84. The molecule has 1 saturated heterocycles. The molecule has 6 heteroatoms. The van der Waals surface area contributed by atoms with Crippen molar-refractivity contribution in [3.05, 3.63) is 23.8 Å². The van der Waals surface area contributed by atoms with Crippen LogP contribution >= 0.6 is 11.8 Å². The van der Waals surface area contributed by atoms with Crippen LogP contribution in [0.25, 0.3) is 11.0 Å². The quantitative estimate of drug-likeness (QED) is 0.849. The molecule has 0 atom stereocenters. The minimum atomic E-state index is 0.112. The van der Waals surface area contributed by atoms with Crippen LogP contribution in [0.4, 0.5) is 0 Å². The summed E-state index contributed by atoms with van der Waals surface area (Å²) in [6.45, 7) is 4.50. The molecule has 0 radical (unpaired) electrons. The standard InChI is InChI=1S/C14H18N4OS/c1-2-18-13-5-4-11(10-12(13)15-16-18)14(19)17-6-3-8-20-9-7-17/h4-5,10H,2-3,6-9H2,1H3. The number of nitrogens with zero attached hydrogens (tertiary/aromatic N) is 4. The number of fused-ring (bicyclic) bond motifs is 1.